The van der Waals surface area contributed by atoms with Crippen LogP contribution in [0.25, 0.3) is 0 Å². The van der Waals surface area contributed by atoms with Crippen molar-refractivity contribution in [3.05, 3.63) is 42.0 Å². The predicted octanol–water partition coefficient (Wildman–Crippen LogP) is 5.40. The van der Waals surface area contributed by atoms with Gasteiger partial charge < -0.3 is 4.74 Å². The summed E-state index contributed by atoms with van der Waals surface area (Å²) in [5, 5.41) is 0. The number of hydrogen-bond donors (Lipinski definition) is 0. The topological polar surface area (TPSA) is 63.7 Å². The van der Waals surface area contributed by atoms with E-state index in [0.717, 1.165) is 36.4 Å². The smallest absolute Gasteiger partial charge is 0.460 e. The summed E-state index contributed by atoms with van der Waals surface area (Å²) in [6.07, 6.45) is -8.40. The molecule has 0 bridgehead atoms. The molecule has 1 aromatic rings. The number of hydrogen-bond acceptors (Lipinski definition) is 4. The standard InChI is InChI=1S/C19H10F13NO4/c20-14(21,15(22,23)16(24,25)17(26,27)18(28,29)19(30,31)32)7-8-37-13(36)9-1-3-10(4-2-9)33-11(34)5-6-12(33)35/h1-6H,7-8H2. The third-order valence-corrected chi connectivity index (χ3v) is 4.82. The molecule has 0 unspecified atom stereocenters. The van der Waals surface area contributed by atoms with Crippen molar-refractivity contribution >= 4 is 23.5 Å². The maximum absolute atomic E-state index is 13.7. The Kier molecular flexibility index (Phi) is 7.43. The van der Waals surface area contributed by atoms with E-state index in [-0.39, 0.29) is 5.69 Å². The van der Waals surface area contributed by atoms with E-state index >= 15 is 0 Å². The van der Waals surface area contributed by atoms with Crippen molar-refractivity contribution in [2.75, 3.05) is 11.5 Å². The van der Waals surface area contributed by atoms with E-state index in [9.17, 15) is 71.5 Å². The molecule has 0 radical (unpaired) electrons. The van der Waals surface area contributed by atoms with Crippen LogP contribution >= 0.6 is 0 Å². The van der Waals surface area contributed by atoms with Crippen LogP contribution in [0.5, 0.6) is 0 Å². The normalized spacial score (nSPS) is 16.0. The van der Waals surface area contributed by atoms with Gasteiger partial charge in [-0.25, -0.2) is 9.69 Å². The van der Waals surface area contributed by atoms with Crippen LogP contribution in [0.2, 0.25) is 0 Å². The second-order valence-electron chi connectivity index (χ2n) is 7.28. The van der Waals surface area contributed by atoms with Gasteiger partial charge in [-0.1, -0.05) is 0 Å². The Bertz CT molecular complexity index is 1080. The average molecular weight is 563 g/mol. The molecule has 0 aromatic heterocycles. The van der Waals surface area contributed by atoms with Crippen LogP contribution in [0, 0.1) is 0 Å². The Balaban J connectivity index is 2.12. The fraction of sp³-hybridized carbons (Fsp3) is 0.421. The summed E-state index contributed by atoms with van der Waals surface area (Å²) in [6.45, 7) is -1.91. The van der Waals surface area contributed by atoms with E-state index in [4.69, 9.17) is 0 Å². The van der Waals surface area contributed by atoms with E-state index in [1.165, 1.54) is 0 Å². The SMILES string of the molecule is O=C(OCCC(F)(F)C(F)(F)C(F)(F)C(F)(F)C(F)(F)C(F)(F)F)c1ccc(N2C(=O)C=CC2=O)cc1. The van der Waals surface area contributed by atoms with Crippen molar-refractivity contribution in [2.24, 2.45) is 0 Å². The first-order valence-electron chi connectivity index (χ1n) is 9.32. The van der Waals surface area contributed by atoms with Crippen molar-refractivity contribution in [1.29, 1.82) is 0 Å². The van der Waals surface area contributed by atoms with Gasteiger partial charge in [0.05, 0.1) is 24.3 Å². The summed E-state index contributed by atoms with van der Waals surface area (Å²) in [4.78, 5) is 35.6. The van der Waals surface area contributed by atoms with Crippen molar-refractivity contribution in [2.45, 2.75) is 42.2 Å². The summed E-state index contributed by atoms with van der Waals surface area (Å²) in [5.41, 5.74) is -0.617. The predicted molar refractivity (Wildman–Crippen MR) is 93.8 cm³/mol. The highest BCUT2D eigenvalue weighted by molar-refractivity contribution is 6.28. The molecule has 206 valence electrons. The molecule has 0 aliphatic carbocycles. The fourth-order valence-electron chi connectivity index (χ4n) is 2.72. The number of amides is 2. The molecular formula is C19H10F13NO4. The lowest BCUT2D eigenvalue weighted by atomic mass is 9.93. The summed E-state index contributed by atoms with van der Waals surface area (Å²) >= 11 is 0. The minimum atomic E-state index is -8.02. The number of anilines is 1. The Morgan fingerprint density at radius 1 is 0.676 bits per heavy atom. The second kappa shape index (κ2) is 9.20. The zero-order chi connectivity index (χ0) is 28.8. The first-order chi connectivity index (χ1) is 16.5. The summed E-state index contributed by atoms with van der Waals surface area (Å²) < 4.78 is 174. The molecule has 0 atom stereocenters. The molecule has 0 fully saturated rings. The molecule has 0 spiro atoms. The fourth-order valence-corrected chi connectivity index (χ4v) is 2.72. The van der Waals surface area contributed by atoms with Crippen molar-refractivity contribution < 1.29 is 76.2 Å². The molecule has 5 nitrogen and oxygen atoms in total. The Morgan fingerprint density at radius 3 is 1.54 bits per heavy atom. The quantitative estimate of drug-likeness (QED) is 0.229. The third-order valence-electron chi connectivity index (χ3n) is 4.82. The third kappa shape index (κ3) is 4.84. The van der Waals surface area contributed by atoms with Gasteiger partial charge in [0.15, 0.2) is 0 Å². The van der Waals surface area contributed by atoms with Gasteiger partial charge in [0, 0.05) is 12.2 Å². The number of ether oxygens (including phenoxy) is 1. The molecule has 1 aliphatic rings. The van der Waals surface area contributed by atoms with Gasteiger partial charge >= 0.3 is 41.8 Å². The number of halogens is 13. The molecule has 0 saturated heterocycles. The molecule has 18 heteroatoms. The molecular weight excluding hydrogens is 553 g/mol. The summed E-state index contributed by atoms with van der Waals surface area (Å²) in [7, 11) is 0. The highest BCUT2D eigenvalue weighted by atomic mass is 19.4. The van der Waals surface area contributed by atoms with Crippen LogP contribution in [0.1, 0.15) is 16.8 Å². The lowest BCUT2D eigenvalue weighted by molar-refractivity contribution is -0.440. The van der Waals surface area contributed by atoms with Crippen LogP contribution in [0.3, 0.4) is 0 Å². The first kappa shape index (κ1) is 29.9. The molecule has 1 aromatic carbocycles. The van der Waals surface area contributed by atoms with Gasteiger partial charge in [-0.15, -0.1) is 0 Å². The highest BCUT2D eigenvalue weighted by Crippen LogP contribution is 2.60. The van der Waals surface area contributed by atoms with Gasteiger partial charge in [-0.05, 0) is 24.3 Å². The molecule has 2 amide bonds. The molecule has 0 N–H and O–H groups in total. The molecule has 2 rings (SSSR count). The van der Waals surface area contributed by atoms with Crippen LogP contribution in [-0.2, 0) is 14.3 Å². The van der Waals surface area contributed by atoms with E-state index in [2.05, 4.69) is 4.74 Å². The van der Waals surface area contributed by atoms with Crippen molar-refractivity contribution in [3.8, 4) is 0 Å². The maximum atomic E-state index is 13.7. The minimum Gasteiger partial charge on any atom is -0.462 e. The van der Waals surface area contributed by atoms with Crippen LogP contribution in [0.15, 0.2) is 36.4 Å². The van der Waals surface area contributed by atoms with Gasteiger partial charge in [0.25, 0.3) is 11.8 Å². The number of imide groups is 1. The number of carbonyl (C=O) groups is 3. The van der Waals surface area contributed by atoms with Crippen LogP contribution in [0.4, 0.5) is 62.8 Å². The maximum Gasteiger partial charge on any atom is 0.460 e. The van der Waals surface area contributed by atoms with Gasteiger partial charge in [-0.3, -0.25) is 9.59 Å². The number of nitrogens with zero attached hydrogens (tertiary/aromatic N) is 1. The summed E-state index contributed by atoms with van der Waals surface area (Å²) in [6, 6.07) is 3.64. The van der Waals surface area contributed by atoms with E-state index in [1.54, 1.807) is 0 Å². The molecule has 37 heavy (non-hydrogen) atoms. The number of esters is 1. The number of alkyl halides is 13. The molecule has 1 aliphatic heterocycles. The van der Waals surface area contributed by atoms with Crippen LogP contribution in [-0.4, -0.2) is 60.2 Å². The minimum absolute atomic E-state index is 0.0819. The number of benzene rings is 1. The van der Waals surface area contributed by atoms with Gasteiger partial charge in [0.2, 0.25) is 0 Å². The van der Waals surface area contributed by atoms with Crippen LogP contribution < -0.4 is 4.90 Å². The average Bonchev–Trinajstić information content (AvgIpc) is 3.10. The van der Waals surface area contributed by atoms with E-state index in [1.807, 2.05) is 0 Å². The zero-order valence-electron chi connectivity index (χ0n) is 17.4. The Morgan fingerprint density at radius 2 is 1.11 bits per heavy atom. The zero-order valence-corrected chi connectivity index (χ0v) is 17.4. The first-order valence-corrected chi connectivity index (χ1v) is 9.32. The highest BCUT2D eigenvalue weighted by Gasteiger charge is 2.90. The largest absolute Gasteiger partial charge is 0.462 e. The van der Waals surface area contributed by atoms with Crippen molar-refractivity contribution in [3.63, 3.8) is 0 Å². The number of carbonyl (C=O) groups excluding carboxylic acids is 3. The lowest BCUT2D eigenvalue weighted by Crippen LogP contribution is -2.70. The van der Waals surface area contributed by atoms with Gasteiger partial charge in [0.1, 0.15) is 0 Å². The van der Waals surface area contributed by atoms with Gasteiger partial charge in [-0.2, -0.15) is 57.1 Å². The molecule has 1 heterocycles. The monoisotopic (exact) mass is 563 g/mol. The van der Waals surface area contributed by atoms with Crippen molar-refractivity contribution in [1.82, 2.24) is 0 Å². The number of rotatable bonds is 9. The Labute approximate surface area is 196 Å². The second-order valence-corrected chi connectivity index (χ2v) is 7.28. The summed E-state index contributed by atoms with van der Waals surface area (Å²) in [5.74, 6) is -40.8. The lowest BCUT2D eigenvalue weighted by Gasteiger charge is -2.39. The molecule has 0 saturated carbocycles. The van der Waals surface area contributed by atoms with E-state index < -0.39 is 72.2 Å². The Hall–Kier alpha value is -3.34. The van der Waals surface area contributed by atoms with E-state index in [0.29, 0.717) is 4.90 Å².